The Morgan fingerprint density at radius 2 is 1.85 bits per heavy atom. The molecule has 1 saturated heterocycles. The van der Waals surface area contributed by atoms with Gasteiger partial charge in [0.15, 0.2) is 11.5 Å². The van der Waals surface area contributed by atoms with Crippen LogP contribution in [-0.2, 0) is 11.3 Å². The van der Waals surface area contributed by atoms with E-state index in [0.717, 1.165) is 50.3 Å². The number of benzene rings is 2. The number of carbonyl (C=O) groups excluding carboxylic acids is 1. The van der Waals surface area contributed by atoms with E-state index in [9.17, 15) is 9.90 Å². The lowest BCUT2D eigenvalue weighted by Gasteiger charge is -2.36. The fourth-order valence-corrected chi connectivity index (χ4v) is 5.78. The Morgan fingerprint density at radius 3 is 2.56 bits per heavy atom. The molecule has 2 aliphatic rings. The van der Waals surface area contributed by atoms with E-state index in [1.54, 1.807) is 27.2 Å². The molecule has 0 radical (unpaired) electrons. The van der Waals surface area contributed by atoms with Crippen molar-refractivity contribution in [3.8, 4) is 17.2 Å². The molecule has 2 unspecified atom stereocenters. The molecule has 1 N–H and O–H groups in total. The second-order valence-electron chi connectivity index (χ2n) is 9.81. The molecular weight excluding hydrogens is 428 g/mol. The second kappa shape index (κ2) is 11.1. The molecule has 1 amide bonds. The Morgan fingerprint density at radius 1 is 1.06 bits per heavy atom. The van der Waals surface area contributed by atoms with Crippen LogP contribution in [0.4, 0.5) is 0 Å². The highest BCUT2D eigenvalue weighted by atomic mass is 16.5. The monoisotopic (exact) mass is 466 g/mol. The zero-order valence-electron chi connectivity index (χ0n) is 20.7. The number of hydrogen-bond donors (Lipinski definition) is 1. The van der Waals surface area contributed by atoms with E-state index in [0.29, 0.717) is 23.6 Å². The lowest BCUT2D eigenvalue weighted by molar-refractivity contribution is -0.132. The Bertz CT molecular complexity index is 973. The van der Waals surface area contributed by atoms with Crippen molar-refractivity contribution in [3.63, 3.8) is 0 Å². The normalized spacial score (nSPS) is 21.4. The fourth-order valence-electron chi connectivity index (χ4n) is 5.78. The summed E-state index contributed by atoms with van der Waals surface area (Å²) < 4.78 is 10.8. The third-order valence-corrected chi connectivity index (χ3v) is 7.54. The number of likely N-dealkylation sites (tertiary alicyclic amines) is 1. The first-order chi connectivity index (χ1) is 16.5. The van der Waals surface area contributed by atoms with Crippen molar-refractivity contribution in [2.75, 3.05) is 33.9 Å². The molecule has 0 spiro atoms. The lowest BCUT2D eigenvalue weighted by atomic mass is 9.87. The summed E-state index contributed by atoms with van der Waals surface area (Å²) in [6.07, 6.45) is 5.95. The van der Waals surface area contributed by atoms with E-state index in [-0.39, 0.29) is 11.7 Å². The number of phenols is 1. The molecule has 0 bridgehead atoms. The van der Waals surface area contributed by atoms with E-state index < -0.39 is 0 Å². The third-order valence-electron chi connectivity index (χ3n) is 7.54. The van der Waals surface area contributed by atoms with Gasteiger partial charge >= 0.3 is 0 Å². The Kier molecular flexibility index (Phi) is 7.99. The molecule has 34 heavy (non-hydrogen) atoms. The average molecular weight is 467 g/mol. The summed E-state index contributed by atoms with van der Waals surface area (Å²) in [5.74, 6) is 2.38. The first-order valence-corrected chi connectivity index (χ1v) is 12.5. The van der Waals surface area contributed by atoms with Crippen LogP contribution in [0.15, 0.2) is 42.5 Å². The SMILES string of the molecule is COc1cccc(C2CN(Cc3ccc(O)c(OC)c3)CC2CN(C(C)=O)C2CCCCC2)c1. The highest BCUT2D eigenvalue weighted by Gasteiger charge is 2.37. The smallest absolute Gasteiger partial charge is 0.219 e. The van der Waals surface area contributed by atoms with E-state index >= 15 is 0 Å². The zero-order valence-corrected chi connectivity index (χ0v) is 20.7. The van der Waals surface area contributed by atoms with Gasteiger partial charge in [-0.15, -0.1) is 0 Å². The van der Waals surface area contributed by atoms with Crippen LogP contribution in [0.25, 0.3) is 0 Å². The van der Waals surface area contributed by atoms with Gasteiger partial charge in [-0.2, -0.15) is 0 Å². The molecule has 2 atom stereocenters. The Hall–Kier alpha value is -2.73. The first kappa shape index (κ1) is 24.4. The molecule has 1 heterocycles. The summed E-state index contributed by atoms with van der Waals surface area (Å²) >= 11 is 0. The minimum atomic E-state index is 0.157. The van der Waals surface area contributed by atoms with E-state index in [1.165, 1.54) is 24.8 Å². The molecule has 1 aliphatic heterocycles. The fraction of sp³-hybridized carbons (Fsp3) is 0.536. The summed E-state index contributed by atoms with van der Waals surface area (Å²) in [6, 6.07) is 14.3. The van der Waals surface area contributed by atoms with Crippen LogP contribution in [0, 0.1) is 5.92 Å². The number of hydrogen-bond acceptors (Lipinski definition) is 5. The standard InChI is InChI=1S/C28H38N2O4/c1-20(31)30(24-9-5-4-6-10-24)18-23-17-29(16-21-12-13-27(32)28(14-21)34-3)19-26(23)22-8-7-11-25(15-22)33-2/h7-8,11-15,23-24,26,32H,4-6,9-10,16-19H2,1-3H3. The number of methoxy groups -OCH3 is 2. The maximum absolute atomic E-state index is 12.7. The van der Waals surface area contributed by atoms with Gasteiger partial charge in [0.2, 0.25) is 5.91 Å². The number of amides is 1. The molecule has 6 heteroatoms. The van der Waals surface area contributed by atoms with Crippen molar-refractivity contribution in [2.24, 2.45) is 5.92 Å². The maximum atomic E-state index is 12.7. The van der Waals surface area contributed by atoms with E-state index in [1.807, 2.05) is 18.2 Å². The van der Waals surface area contributed by atoms with Gasteiger partial charge in [-0.3, -0.25) is 9.69 Å². The molecule has 1 saturated carbocycles. The second-order valence-corrected chi connectivity index (χ2v) is 9.81. The molecule has 184 valence electrons. The highest BCUT2D eigenvalue weighted by molar-refractivity contribution is 5.73. The van der Waals surface area contributed by atoms with Crippen molar-refractivity contribution in [2.45, 2.75) is 57.5 Å². The van der Waals surface area contributed by atoms with Crippen molar-refractivity contribution in [3.05, 3.63) is 53.6 Å². The van der Waals surface area contributed by atoms with E-state index in [2.05, 4.69) is 28.0 Å². The van der Waals surface area contributed by atoms with Crippen LogP contribution >= 0.6 is 0 Å². The van der Waals surface area contributed by atoms with Gasteiger partial charge in [0.05, 0.1) is 14.2 Å². The highest BCUT2D eigenvalue weighted by Crippen LogP contribution is 2.37. The largest absolute Gasteiger partial charge is 0.504 e. The van der Waals surface area contributed by atoms with Crippen molar-refractivity contribution in [1.29, 1.82) is 0 Å². The number of nitrogens with zero attached hydrogens (tertiary/aromatic N) is 2. The van der Waals surface area contributed by atoms with Crippen LogP contribution in [0.1, 0.15) is 56.1 Å². The molecule has 0 aromatic heterocycles. The summed E-state index contributed by atoms with van der Waals surface area (Å²) in [5.41, 5.74) is 2.37. The summed E-state index contributed by atoms with van der Waals surface area (Å²) in [5, 5.41) is 9.96. The van der Waals surface area contributed by atoms with Gasteiger partial charge in [0.1, 0.15) is 5.75 Å². The first-order valence-electron chi connectivity index (χ1n) is 12.5. The molecule has 6 nitrogen and oxygen atoms in total. The van der Waals surface area contributed by atoms with Gasteiger partial charge in [0.25, 0.3) is 0 Å². The molecule has 2 aromatic carbocycles. The number of carbonyl (C=O) groups is 1. The predicted octanol–water partition coefficient (Wildman–Crippen LogP) is 4.81. The molecule has 4 rings (SSSR count). The minimum absolute atomic E-state index is 0.157. The number of ether oxygens (including phenoxy) is 2. The molecule has 2 fully saturated rings. The lowest BCUT2D eigenvalue weighted by Crippen LogP contribution is -2.44. The van der Waals surface area contributed by atoms with Gasteiger partial charge < -0.3 is 19.5 Å². The van der Waals surface area contributed by atoms with Gasteiger partial charge in [-0.25, -0.2) is 0 Å². The maximum Gasteiger partial charge on any atom is 0.219 e. The number of phenolic OH excluding ortho intramolecular Hbond substituents is 1. The van der Waals surface area contributed by atoms with Crippen LogP contribution in [0.5, 0.6) is 17.2 Å². The predicted molar refractivity (Wildman–Crippen MR) is 133 cm³/mol. The van der Waals surface area contributed by atoms with Crippen LogP contribution in [0.3, 0.4) is 0 Å². The van der Waals surface area contributed by atoms with Crippen LogP contribution in [-0.4, -0.2) is 60.7 Å². The quantitative estimate of drug-likeness (QED) is 0.605. The topological polar surface area (TPSA) is 62.2 Å². The van der Waals surface area contributed by atoms with Gasteiger partial charge in [0, 0.05) is 45.1 Å². The van der Waals surface area contributed by atoms with Crippen molar-refractivity contribution < 1.29 is 19.4 Å². The molecule has 1 aliphatic carbocycles. The van der Waals surface area contributed by atoms with Crippen molar-refractivity contribution >= 4 is 5.91 Å². The van der Waals surface area contributed by atoms with Gasteiger partial charge in [-0.05, 0) is 54.2 Å². The number of rotatable bonds is 8. The Labute approximate surface area is 203 Å². The molecular formula is C28H38N2O4. The zero-order chi connectivity index (χ0) is 24.1. The number of aromatic hydroxyl groups is 1. The average Bonchev–Trinajstić information content (AvgIpc) is 3.26. The Balaban J connectivity index is 1.56. The minimum Gasteiger partial charge on any atom is -0.504 e. The summed E-state index contributed by atoms with van der Waals surface area (Å²) in [6.45, 7) is 5.12. The summed E-state index contributed by atoms with van der Waals surface area (Å²) in [7, 11) is 3.28. The van der Waals surface area contributed by atoms with Crippen molar-refractivity contribution in [1.82, 2.24) is 9.80 Å². The van der Waals surface area contributed by atoms with Crippen LogP contribution in [0.2, 0.25) is 0 Å². The summed E-state index contributed by atoms with van der Waals surface area (Å²) in [4.78, 5) is 17.3. The molecule has 2 aromatic rings. The van der Waals surface area contributed by atoms with Crippen LogP contribution < -0.4 is 9.47 Å². The third kappa shape index (κ3) is 5.66. The van der Waals surface area contributed by atoms with Gasteiger partial charge in [-0.1, -0.05) is 37.5 Å². The van der Waals surface area contributed by atoms with E-state index in [4.69, 9.17) is 9.47 Å².